The molecule has 0 aliphatic rings. The summed E-state index contributed by atoms with van der Waals surface area (Å²) in [6.45, 7) is 0.913. The van der Waals surface area contributed by atoms with Gasteiger partial charge in [-0.25, -0.2) is 13.2 Å². The molecule has 4 N–H and O–H groups in total. The van der Waals surface area contributed by atoms with Gasteiger partial charge >= 0.3 is 6.09 Å². The Bertz CT molecular complexity index is 645. The van der Waals surface area contributed by atoms with Gasteiger partial charge < -0.3 is 21.0 Å². The van der Waals surface area contributed by atoms with Crippen molar-refractivity contribution in [3.63, 3.8) is 0 Å². The SMILES string of the molecule is CC(CNC(=O)OCc1ccccc1)(C(N)=NO)S(C)(=O)=O. The molecule has 9 heteroatoms. The van der Waals surface area contributed by atoms with E-state index in [-0.39, 0.29) is 13.2 Å². The summed E-state index contributed by atoms with van der Waals surface area (Å²) in [6, 6.07) is 9.00. The molecular weight excluding hydrogens is 310 g/mol. The molecule has 0 aliphatic heterocycles. The topological polar surface area (TPSA) is 131 Å². The van der Waals surface area contributed by atoms with Gasteiger partial charge in [0.1, 0.15) is 11.4 Å². The lowest BCUT2D eigenvalue weighted by atomic mass is 10.1. The van der Waals surface area contributed by atoms with Crippen LogP contribution in [-0.2, 0) is 21.2 Å². The maximum absolute atomic E-state index is 11.8. The molecule has 0 spiro atoms. The normalized spacial score (nSPS) is 14.9. The van der Waals surface area contributed by atoms with E-state index < -0.39 is 26.5 Å². The standard InChI is InChI=1S/C13H19N3O5S/c1-13(11(14)16-18,22(2,19)20)9-15-12(17)21-8-10-6-4-3-5-7-10/h3-7,18H,8-9H2,1-2H3,(H2,14,16)(H,15,17). The van der Waals surface area contributed by atoms with E-state index in [1.807, 2.05) is 6.07 Å². The van der Waals surface area contributed by atoms with E-state index in [4.69, 9.17) is 15.7 Å². The summed E-state index contributed by atoms with van der Waals surface area (Å²) in [5.74, 6) is -0.515. The lowest BCUT2D eigenvalue weighted by Gasteiger charge is -2.26. The summed E-state index contributed by atoms with van der Waals surface area (Å²) in [5, 5.41) is 13.7. The first kappa shape index (κ1) is 17.8. The average Bonchev–Trinajstić information content (AvgIpc) is 2.49. The second-order valence-electron chi connectivity index (χ2n) is 4.90. The number of alkyl carbamates (subject to hydrolysis) is 1. The van der Waals surface area contributed by atoms with Gasteiger partial charge in [0.05, 0.1) is 0 Å². The van der Waals surface area contributed by atoms with E-state index in [9.17, 15) is 13.2 Å². The highest BCUT2D eigenvalue weighted by molar-refractivity contribution is 7.92. The van der Waals surface area contributed by atoms with Gasteiger partial charge in [-0.2, -0.15) is 0 Å². The van der Waals surface area contributed by atoms with Crippen molar-refractivity contribution >= 4 is 21.8 Å². The second-order valence-corrected chi connectivity index (χ2v) is 7.35. The Morgan fingerprint density at radius 1 is 1.41 bits per heavy atom. The van der Waals surface area contributed by atoms with Crippen LogP contribution < -0.4 is 11.1 Å². The third kappa shape index (κ3) is 4.35. The summed E-state index contributed by atoms with van der Waals surface area (Å²) < 4.78 is 26.8. The molecule has 1 amide bonds. The van der Waals surface area contributed by atoms with Crippen LogP contribution in [0.3, 0.4) is 0 Å². The molecule has 122 valence electrons. The van der Waals surface area contributed by atoms with Gasteiger partial charge in [-0.15, -0.1) is 0 Å². The number of carbonyl (C=O) groups is 1. The van der Waals surface area contributed by atoms with Crippen molar-refractivity contribution in [3.05, 3.63) is 35.9 Å². The second kappa shape index (κ2) is 7.12. The largest absolute Gasteiger partial charge is 0.445 e. The monoisotopic (exact) mass is 329 g/mol. The minimum absolute atomic E-state index is 0.0475. The minimum Gasteiger partial charge on any atom is -0.445 e. The summed E-state index contributed by atoms with van der Waals surface area (Å²) in [7, 11) is -3.72. The molecule has 22 heavy (non-hydrogen) atoms. The fraction of sp³-hybridized carbons (Fsp3) is 0.385. The number of hydrogen-bond donors (Lipinski definition) is 3. The molecule has 0 aliphatic carbocycles. The van der Waals surface area contributed by atoms with Gasteiger partial charge in [0.15, 0.2) is 15.7 Å². The Morgan fingerprint density at radius 3 is 2.50 bits per heavy atom. The average molecular weight is 329 g/mol. The van der Waals surface area contributed by atoms with Crippen LogP contribution in [-0.4, -0.2) is 43.1 Å². The predicted molar refractivity (Wildman–Crippen MR) is 81.3 cm³/mol. The quantitative estimate of drug-likeness (QED) is 0.301. The van der Waals surface area contributed by atoms with Crippen LogP contribution in [0, 0.1) is 0 Å². The third-order valence-corrected chi connectivity index (χ3v) is 5.24. The maximum Gasteiger partial charge on any atom is 0.407 e. The summed E-state index contributed by atoms with van der Waals surface area (Å²) >= 11 is 0. The van der Waals surface area contributed by atoms with E-state index in [2.05, 4.69) is 10.5 Å². The van der Waals surface area contributed by atoms with Crippen molar-refractivity contribution < 1.29 is 23.2 Å². The Balaban J connectivity index is 2.64. The number of carbonyl (C=O) groups excluding carboxylic acids is 1. The number of oxime groups is 1. The maximum atomic E-state index is 11.8. The number of amidine groups is 1. The highest BCUT2D eigenvalue weighted by Crippen LogP contribution is 2.15. The van der Waals surface area contributed by atoms with Crippen LogP contribution in [0.25, 0.3) is 0 Å². The van der Waals surface area contributed by atoms with Crippen molar-refractivity contribution in [2.24, 2.45) is 10.9 Å². The molecule has 0 saturated heterocycles. The van der Waals surface area contributed by atoms with Gasteiger partial charge in [-0.1, -0.05) is 35.5 Å². The lowest BCUT2D eigenvalue weighted by molar-refractivity contribution is 0.139. The fourth-order valence-corrected chi connectivity index (χ4v) is 2.29. The van der Waals surface area contributed by atoms with Crippen molar-refractivity contribution in [1.82, 2.24) is 5.32 Å². The van der Waals surface area contributed by atoms with E-state index in [0.717, 1.165) is 11.8 Å². The molecule has 0 fully saturated rings. The van der Waals surface area contributed by atoms with Gasteiger partial charge in [-0.3, -0.25) is 0 Å². The molecular formula is C13H19N3O5S. The van der Waals surface area contributed by atoms with Crippen molar-refractivity contribution in [2.45, 2.75) is 18.3 Å². The molecule has 1 atom stereocenters. The molecule has 1 aromatic rings. The number of nitrogens with one attached hydrogen (secondary N) is 1. The van der Waals surface area contributed by atoms with E-state index >= 15 is 0 Å². The summed E-state index contributed by atoms with van der Waals surface area (Å²) in [4.78, 5) is 11.6. The van der Waals surface area contributed by atoms with Gasteiger partial charge in [0.25, 0.3) is 0 Å². The minimum atomic E-state index is -3.72. The van der Waals surface area contributed by atoms with E-state index in [1.54, 1.807) is 24.3 Å². The number of benzene rings is 1. The number of hydrogen-bond acceptors (Lipinski definition) is 6. The van der Waals surface area contributed by atoms with Crippen molar-refractivity contribution in [2.75, 3.05) is 12.8 Å². The first-order valence-electron chi connectivity index (χ1n) is 6.33. The smallest absolute Gasteiger partial charge is 0.407 e. The van der Waals surface area contributed by atoms with Gasteiger partial charge in [-0.05, 0) is 12.5 Å². The summed E-state index contributed by atoms with van der Waals surface area (Å²) in [6.07, 6.45) is 0.131. The Kier molecular flexibility index (Phi) is 5.75. The van der Waals surface area contributed by atoms with E-state index in [0.29, 0.717) is 0 Å². The molecule has 0 saturated carbocycles. The molecule has 8 nitrogen and oxygen atoms in total. The highest BCUT2D eigenvalue weighted by Gasteiger charge is 2.41. The zero-order valence-corrected chi connectivity index (χ0v) is 13.1. The molecule has 0 heterocycles. The van der Waals surface area contributed by atoms with Crippen molar-refractivity contribution in [3.8, 4) is 0 Å². The number of nitrogens with zero attached hydrogens (tertiary/aromatic N) is 1. The number of ether oxygens (including phenoxy) is 1. The van der Waals surface area contributed by atoms with Crippen LogP contribution >= 0.6 is 0 Å². The molecule has 0 bridgehead atoms. The number of sulfone groups is 1. The first-order chi connectivity index (χ1) is 10.2. The molecule has 0 aromatic heterocycles. The third-order valence-electron chi connectivity index (χ3n) is 3.25. The number of amides is 1. The number of rotatable bonds is 6. The van der Waals surface area contributed by atoms with Gasteiger partial charge in [0.2, 0.25) is 0 Å². The summed E-state index contributed by atoms with van der Waals surface area (Å²) in [5.41, 5.74) is 6.21. The zero-order chi connectivity index (χ0) is 16.8. The Labute approximate surface area is 128 Å². The number of nitrogens with two attached hydrogens (primary N) is 1. The molecule has 1 unspecified atom stereocenters. The van der Waals surface area contributed by atoms with E-state index in [1.165, 1.54) is 6.92 Å². The highest BCUT2D eigenvalue weighted by atomic mass is 32.2. The van der Waals surface area contributed by atoms with Crippen LogP contribution in [0.2, 0.25) is 0 Å². The zero-order valence-electron chi connectivity index (χ0n) is 12.3. The van der Waals surface area contributed by atoms with Crippen molar-refractivity contribution in [1.29, 1.82) is 0 Å². The Morgan fingerprint density at radius 2 is 2.00 bits per heavy atom. The Hall–Kier alpha value is -2.29. The van der Waals surface area contributed by atoms with Crippen LogP contribution in [0.1, 0.15) is 12.5 Å². The fourth-order valence-electron chi connectivity index (χ4n) is 1.53. The predicted octanol–water partition coefficient (Wildman–Crippen LogP) is 0.463. The first-order valence-corrected chi connectivity index (χ1v) is 8.22. The van der Waals surface area contributed by atoms with Crippen LogP contribution in [0.15, 0.2) is 35.5 Å². The molecule has 1 aromatic carbocycles. The van der Waals surface area contributed by atoms with Gasteiger partial charge in [0, 0.05) is 12.8 Å². The van der Waals surface area contributed by atoms with Crippen LogP contribution in [0.4, 0.5) is 4.79 Å². The van der Waals surface area contributed by atoms with Crippen LogP contribution in [0.5, 0.6) is 0 Å². The molecule has 0 radical (unpaired) electrons. The molecule has 1 rings (SSSR count). The lowest BCUT2D eigenvalue weighted by Crippen LogP contribution is -2.55.